The lowest BCUT2D eigenvalue weighted by atomic mass is 10.3. The van der Waals surface area contributed by atoms with Gasteiger partial charge in [0.15, 0.2) is 0 Å². The molecule has 0 spiro atoms. The summed E-state index contributed by atoms with van der Waals surface area (Å²) in [5, 5.41) is 3.02. The summed E-state index contributed by atoms with van der Waals surface area (Å²) in [4.78, 5) is 21.6. The zero-order valence-corrected chi connectivity index (χ0v) is 10.1. The zero-order chi connectivity index (χ0) is 12.8. The minimum absolute atomic E-state index is 0.127. The Labute approximate surface area is 105 Å². The average Bonchev–Trinajstić information content (AvgIpc) is 2.40. The number of aromatic nitrogens is 2. The molecular weight excluding hydrogens is 234 g/mol. The number of anilines is 2. The minimum Gasteiger partial charge on any atom is -0.382 e. The Balaban J connectivity index is 1.73. The van der Waals surface area contributed by atoms with Gasteiger partial charge >= 0.3 is 0 Å². The quantitative estimate of drug-likeness (QED) is 0.764. The molecule has 1 saturated heterocycles. The third-order valence-electron chi connectivity index (χ3n) is 2.66. The number of nitrogen functional groups attached to an aromatic ring is 1. The highest BCUT2D eigenvalue weighted by Gasteiger charge is 2.15. The normalized spacial score (nSPS) is 15.4. The van der Waals surface area contributed by atoms with E-state index in [-0.39, 0.29) is 5.91 Å². The van der Waals surface area contributed by atoms with Gasteiger partial charge in [-0.1, -0.05) is 0 Å². The molecule has 1 fully saturated rings. The van der Waals surface area contributed by atoms with E-state index in [4.69, 9.17) is 10.5 Å². The van der Waals surface area contributed by atoms with E-state index in [2.05, 4.69) is 15.3 Å². The highest BCUT2D eigenvalue weighted by molar-refractivity contribution is 5.76. The Kier molecular flexibility index (Phi) is 4.30. The number of hydrogen-bond acceptors (Lipinski definition) is 6. The lowest BCUT2D eigenvalue weighted by Crippen LogP contribution is -2.41. The molecular formula is C11H17N5O2. The monoisotopic (exact) mass is 251 g/mol. The van der Waals surface area contributed by atoms with Crippen molar-refractivity contribution in [1.82, 2.24) is 14.9 Å². The van der Waals surface area contributed by atoms with Crippen molar-refractivity contribution in [2.75, 3.05) is 43.9 Å². The van der Waals surface area contributed by atoms with Crippen molar-refractivity contribution in [3.8, 4) is 0 Å². The summed E-state index contributed by atoms with van der Waals surface area (Å²) >= 11 is 0. The van der Waals surface area contributed by atoms with E-state index in [0.29, 0.717) is 50.9 Å². The highest BCUT2D eigenvalue weighted by atomic mass is 16.5. The van der Waals surface area contributed by atoms with Crippen LogP contribution in [0, 0.1) is 0 Å². The molecule has 18 heavy (non-hydrogen) atoms. The van der Waals surface area contributed by atoms with Crippen LogP contribution in [0.2, 0.25) is 0 Å². The van der Waals surface area contributed by atoms with Crippen LogP contribution in [0.3, 0.4) is 0 Å². The van der Waals surface area contributed by atoms with Gasteiger partial charge in [-0.05, 0) is 0 Å². The fourth-order valence-electron chi connectivity index (χ4n) is 1.73. The summed E-state index contributed by atoms with van der Waals surface area (Å²) in [6.07, 6.45) is 3.48. The molecule has 3 N–H and O–H groups in total. The molecule has 2 heterocycles. The fourth-order valence-corrected chi connectivity index (χ4v) is 1.73. The van der Waals surface area contributed by atoms with E-state index in [0.717, 1.165) is 0 Å². The molecule has 0 bridgehead atoms. The number of nitrogens with zero attached hydrogens (tertiary/aromatic N) is 3. The maximum absolute atomic E-state index is 11.8. The van der Waals surface area contributed by atoms with Crippen LogP contribution < -0.4 is 11.1 Å². The largest absolute Gasteiger partial charge is 0.382 e. The second-order valence-corrected chi connectivity index (χ2v) is 4.00. The fraction of sp³-hybridized carbons (Fsp3) is 0.545. The summed E-state index contributed by atoms with van der Waals surface area (Å²) in [7, 11) is 0. The highest BCUT2D eigenvalue weighted by Crippen LogP contribution is 2.04. The third-order valence-corrected chi connectivity index (χ3v) is 2.66. The van der Waals surface area contributed by atoms with Gasteiger partial charge < -0.3 is 20.7 Å². The first-order valence-corrected chi connectivity index (χ1v) is 5.92. The van der Waals surface area contributed by atoms with Gasteiger partial charge in [0, 0.05) is 26.1 Å². The van der Waals surface area contributed by atoms with Gasteiger partial charge in [0.05, 0.1) is 25.6 Å². The van der Waals surface area contributed by atoms with E-state index in [1.807, 2.05) is 4.90 Å². The summed E-state index contributed by atoms with van der Waals surface area (Å²) in [6, 6.07) is 0. The Morgan fingerprint density at radius 2 is 2.22 bits per heavy atom. The SMILES string of the molecule is Nc1cncc(NCCC(=O)N2CCOCC2)n1. The lowest BCUT2D eigenvalue weighted by Gasteiger charge is -2.26. The first-order valence-electron chi connectivity index (χ1n) is 5.92. The van der Waals surface area contributed by atoms with Crippen molar-refractivity contribution in [2.45, 2.75) is 6.42 Å². The molecule has 1 aromatic rings. The maximum atomic E-state index is 11.8. The van der Waals surface area contributed by atoms with Gasteiger partial charge in [0.25, 0.3) is 0 Å². The van der Waals surface area contributed by atoms with Gasteiger partial charge in [-0.25, -0.2) is 4.98 Å². The second-order valence-electron chi connectivity index (χ2n) is 4.00. The predicted molar refractivity (Wildman–Crippen MR) is 67.0 cm³/mol. The number of nitrogens with one attached hydrogen (secondary N) is 1. The zero-order valence-electron chi connectivity index (χ0n) is 10.1. The predicted octanol–water partition coefficient (Wildman–Crippen LogP) is -0.280. The first-order chi connectivity index (χ1) is 8.75. The van der Waals surface area contributed by atoms with Gasteiger partial charge in [-0.15, -0.1) is 0 Å². The lowest BCUT2D eigenvalue weighted by molar-refractivity contribution is -0.134. The van der Waals surface area contributed by atoms with Crippen molar-refractivity contribution in [3.05, 3.63) is 12.4 Å². The molecule has 1 aliphatic heterocycles. The number of carbonyl (C=O) groups excluding carboxylic acids is 1. The number of rotatable bonds is 4. The van der Waals surface area contributed by atoms with E-state index in [1.54, 1.807) is 6.20 Å². The Morgan fingerprint density at radius 3 is 2.94 bits per heavy atom. The third kappa shape index (κ3) is 3.56. The van der Waals surface area contributed by atoms with Gasteiger partial charge in [-0.2, -0.15) is 0 Å². The standard InChI is InChI=1S/C11H17N5O2/c12-9-7-13-8-10(15-9)14-2-1-11(17)16-3-5-18-6-4-16/h7-8H,1-6H2,(H3,12,14,15). The summed E-state index contributed by atoms with van der Waals surface area (Å²) in [5.74, 6) is 1.08. The van der Waals surface area contributed by atoms with Crippen molar-refractivity contribution < 1.29 is 9.53 Å². The van der Waals surface area contributed by atoms with Crippen LogP contribution in [0.25, 0.3) is 0 Å². The molecule has 2 rings (SSSR count). The summed E-state index contributed by atoms with van der Waals surface area (Å²) < 4.78 is 5.20. The Hall–Kier alpha value is -1.89. The van der Waals surface area contributed by atoms with Crippen molar-refractivity contribution >= 4 is 17.5 Å². The van der Waals surface area contributed by atoms with Crippen LogP contribution in [0.1, 0.15) is 6.42 Å². The number of hydrogen-bond donors (Lipinski definition) is 2. The van der Waals surface area contributed by atoms with Crippen LogP contribution in [0.15, 0.2) is 12.4 Å². The minimum atomic E-state index is 0.127. The van der Waals surface area contributed by atoms with E-state index in [1.165, 1.54) is 6.20 Å². The maximum Gasteiger partial charge on any atom is 0.224 e. The van der Waals surface area contributed by atoms with E-state index in [9.17, 15) is 4.79 Å². The second kappa shape index (κ2) is 6.15. The van der Waals surface area contributed by atoms with Gasteiger partial charge in [0.2, 0.25) is 5.91 Å². The molecule has 0 aromatic carbocycles. The molecule has 1 amide bonds. The Bertz CT molecular complexity index is 406. The van der Waals surface area contributed by atoms with E-state index < -0.39 is 0 Å². The van der Waals surface area contributed by atoms with Gasteiger partial charge in [0.1, 0.15) is 11.6 Å². The molecule has 7 nitrogen and oxygen atoms in total. The number of nitrogens with two attached hydrogens (primary N) is 1. The number of morpholine rings is 1. The molecule has 1 aromatic heterocycles. The molecule has 1 aliphatic rings. The van der Waals surface area contributed by atoms with Crippen LogP contribution in [-0.4, -0.2) is 53.6 Å². The van der Waals surface area contributed by atoms with Gasteiger partial charge in [-0.3, -0.25) is 9.78 Å². The molecule has 0 unspecified atom stereocenters. The number of carbonyl (C=O) groups is 1. The molecule has 98 valence electrons. The molecule has 0 atom stereocenters. The van der Waals surface area contributed by atoms with Crippen LogP contribution in [0.4, 0.5) is 11.6 Å². The molecule has 7 heteroatoms. The van der Waals surface area contributed by atoms with Crippen LogP contribution >= 0.6 is 0 Å². The van der Waals surface area contributed by atoms with Crippen LogP contribution in [-0.2, 0) is 9.53 Å². The Morgan fingerprint density at radius 1 is 1.44 bits per heavy atom. The summed E-state index contributed by atoms with van der Waals surface area (Å²) in [6.45, 7) is 3.13. The van der Waals surface area contributed by atoms with Crippen molar-refractivity contribution in [1.29, 1.82) is 0 Å². The first kappa shape index (κ1) is 12.6. The summed E-state index contributed by atoms with van der Waals surface area (Å²) in [5.41, 5.74) is 5.50. The number of amides is 1. The topological polar surface area (TPSA) is 93.4 Å². The molecule has 0 saturated carbocycles. The molecule has 0 radical (unpaired) electrons. The average molecular weight is 251 g/mol. The number of ether oxygens (including phenoxy) is 1. The molecule has 0 aliphatic carbocycles. The van der Waals surface area contributed by atoms with E-state index >= 15 is 0 Å². The smallest absolute Gasteiger partial charge is 0.224 e. The van der Waals surface area contributed by atoms with Crippen molar-refractivity contribution in [2.24, 2.45) is 0 Å². The van der Waals surface area contributed by atoms with Crippen LogP contribution in [0.5, 0.6) is 0 Å². The van der Waals surface area contributed by atoms with Crippen molar-refractivity contribution in [3.63, 3.8) is 0 Å².